The monoisotopic (exact) mass is 342 g/mol. The molecule has 3 aromatic rings. The van der Waals surface area contributed by atoms with Crippen LogP contribution in [0.3, 0.4) is 0 Å². The number of carboxylic acid groups (broad SMARTS) is 2. The Labute approximate surface area is 141 Å². The third-order valence-corrected chi connectivity index (χ3v) is 3.64. The highest BCUT2D eigenvalue weighted by atomic mass is 35.5. The van der Waals surface area contributed by atoms with Gasteiger partial charge in [-0.3, -0.25) is 0 Å². The van der Waals surface area contributed by atoms with Gasteiger partial charge in [-0.25, -0.2) is 14.3 Å². The summed E-state index contributed by atoms with van der Waals surface area (Å²) < 4.78 is 1.29. The summed E-state index contributed by atoms with van der Waals surface area (Å²) in [5, 5.41) is 23.3. The summed E-state index contributed by atoms with van der Waals surface area (Å²) >= 11 is 5.99. The van der Waals surface area contributed by atoms with Crippen LogP contribution in [0, 0.1) is 0 Å². The molecule has 6 nitrogen and oxygen atoms in total. The quantitative estimate of drug-likeness (QED) is 0.755. The van der Waals surface area contributed by atoms with E-state index < -0.39 is 17.6 Å². The number of rotatable bonds is 4. The Morgan fingerprint density at radius 2 is 1.67 bits per heavy atom. The van der Waals surface area contributed by atoms with Crippen molar-refractivity contribution >= 4 is 23.5 Å². The minimum Gasteiger partial charge on any atom is -0.478 e. The van der Waals surface area contributed by atoms with Crippen LogP contribution in [0.15, 0.2) is 54.6 Å². The zero-order valence-electron chi connectivity index (χ0n) is 12.2. The van der Waals surface area contributed by atoms with Crippen molar-refractivity contribution in [2.24, 2.45) is 0 Å². The number of nitrogens with zero attached hydrogens (tertiary/aromatic N) is 2. The van der Waals surface area contributed by atoms with Crippen LogP contribution in [0.5, 0.6) is 0 Å². The minimum absolute atomic E-state index is 0.183. The normalized spacial score (nSPS) is 10.5. The van der Waals surface area contributed by atoms with Crippen LogP contribution >= 0.6 is 11.6 Å². The van der Waals surface area contributed by atoms with E-state index in [1.807, 2.05) is 0 Å². The van der Waals surface area contributed by atoms with Gasteiger partial charge in [0.2, 0.25) is 0 Å². The maximum atomic E-state index is 11.7. The average Bonchev–Trinajstić information content (AvgIpc) is 2.96. The first-order valence-corrected chi connectivity index (χ1v) is 7.28. The van der Waals surface area contributed by atoms with Gasteiger partial charge in [-0.1, -0.05) is 48.0 Å². The maximum Gasteiger partial charge on any atom is 0.357 e. The molecule has 0 unspecified atom stereocenters. The van der Waals surface area contributed by atoms with Gasteiger partial charge in [0.25, 0.3) is 0 Å². The molecule has 0 radical (unpaired) electrons. The minimum atomic E-state index is -1.41. The molecule has 0 amide bonds. The van der Waals surface area contributed by atoms with E-state index in [-0.39, 0.29) is 11.3 Å². The van der Waals surface area contributed by atoms with E-state index in [2.05, 4.69) is 5.10 Å². The molecule has 120 valence electrons. The Morgan fingerprint density at radius 3 is 2.25 bits per heavy atom. The summed E-state index contributed by atoms with van der Waals surface area (Å²) in [5.74, 6) is -2.77. The zero-order valence-corrected chi connectivity index (χ0v) is 12.9. The molecule has 0 aliphatic heterocycles. The van der Waals surface area contributed by atoms with Gasteiger partial charge >= 0.3 is 11.9 Å². The lowest BCUT2D eigenvalue weighted by Gasteiger charge is -2.09. The number of carbonyl (C=O) groups is 2. The number of aromatic carboxylic acids is 2. The molecule has 3 rings (SSSR count). The second-order valence-electron chi connectivity index (χ2n) is 4.94. The second kappa shape index (κ2) is 6.17. The highest BCUT2D eigenvalue weighted by Crippen LogP contribution is 2.30. The third kappa shape index (κ3) is 2.75. The summed E-state index contributed by atoms with van der Waals surface area (Å²) in [5.41, 5.74) is 0.295. The third-order valence-electron chi connectivity index (χ3n) is 3.40. The largest absolute Gasteiger partial charge is 0.478 e. The first-order valence-electron chi connectivity index (χ1n) is 6.90. The molecule has 7 heteroatoms. The Morgan fingerprint density at radius 1 is 0.958 bits per heavy atom. The van der Waals surface area contributed by atoms with Crippen LogP contribution in [-0.4, -0.2) is 31.9 Å². The van der Waals surface area contributed by atoms with Gasteiger partial charge in [-0.15, -0.1) is 0 Å². The van der Waals surface area contributed by atoms with Crippen LogP contribution in [0.25, 0.3) is 16.9 Å². The topological polar surface area (TPSA) is 92.4 Å². The van der Waals surface area contributed by atoms with Crippen LogP contribution in [0.2, 0.25) is 5.02 Å². The van der Waals surface area contributed by atoms with Crippen molar-refractivity contribution in [3.8, 4) is 16.9 Å². The summed E-state index contributed by atoms with van der Waals surface area (Å²) in [7, 11) is 0. The number of carboxylic acids is 2. The molecule has 0 spiro atoms. The Kier molecular flexibility index (Phi) is 4.05. The Bertz CT molecular complexity index is 935. The lowest BCUT2D eigenvalue weighted by atomic mass is 10.1. The van der Waals surface area contributed by atoms with E-state index in [9.17, 15) is 19.8 Å². The zero-order chi connectivity index (χ0) is 17.3. The van der Waals surface area contributed by atoms with Gasteiger partial charge in [-0.05, 0) is 18.2 Å². The maximum absolute atomic E-state index is 11.7. The predicted molar refractivity (Wildman–Crippen MR) is 87.9 cm³/mol. The molecule has 0 atom stereocenters. The van der Waals surface area contributed by atoms with Crippen LogP contribution < -0.4 is 0 Å². The smallest absolute Gasteiger partial charge is 0.357 e. The fourth-order valence-electron chi connectivity index (χ4n) is 2.43. The molecule has 24 heavy (non-hydrogen) atoms. The molecule has 0 fully saturated rings. The number of hydrogen-bond acceptors (Lipinski definition) is 3. The predicted octanol–water partition coefficient (Wildman–Crippen LogP) is 3.59. The molecular formula is C17H11ClN2O4. The van der Waals surface area contributed by atoms with Gasteiger partial charge in [-0.2, -0.15) is 5.10 Å². The molecule has 0 bridgehead atoms. The number of hydrogen-bond donors (Lipinski definition) is 2. The molecule has 1 aromatic heterocycles. The summed E-state index contributed by atoms with van der Waals surface area (Å²) in [4.78, 5) is 23.1. The van der Waals surface area contributed by atoms with Crippen molar-refractivity contribution in [2.75, 3.05) is 0 Å². The summed E-state index contributed by atoms with van der Waals surface area (Å²) in [6.07, 6.45) is 0. The van der Waals surface area contributed by atoms with E-state index in [4.69, 9.17) is 11.6 Å². The highest BCUT2D eigenvalue weighted by molar-refractivity contribution is 6.30. The van der Waals surface area contributed by atoms with Crippen molar-refractivity contribution in [2.45, 2.75) is 0 Å². The van der Waals surface area contributed by atoms with E-state index in [0.29, 0.717) is 16.3 Å². The first kappa shape index (κ1) is 15.8. The average molecular weight is 343 g/mol. The fraction of sp³-hybridized carbons (Fsp3) is 0. The van der Waals surface area contributed by atoms with Crippen molar-refractivity contribution < 1.29 is 19.8 Å². The van der Waals surface area contributed by atoms with Crippen LogP contribution in [-0.2, 0) is 0 Å². The van der Waals surface area contributed by atoms with Crippen molar-refractivity contribution in [3.05, 3.63) is 70.9 Å². The van der Waals surface area contributed by atoms with Gasteiger partial charge in [0.1, 0.15) is 5.56 Å². The lowest BCUT2D eigenvalue weighted by Crippen LogP contribution is -2.07. The van der Waals surface area contributed by atoms with E-state index in [1.54, 1.807) is 54.6 Å². The standard InChI is InChI=1S/C17H11ClN2O4/c18-11-7-4-8-12(9-11)20-15(10-5-2-1-3-6-10)13(16(21)22)14(19-20)17(23)24/h1-9H,(H,21,22)(H,23,24). The van der Waals surface area contributed by atoms with Gasteiger partial charge in [0, 0.05) is 10.6 Å². The van der Waals surface area contributed by atoms with Crippen LogP contribution in [0.1, 0.15) is 20.8 Å². The van der Waals surface area contributed by atoms with E-state index in [0.717, 1.165) is 0 Å². The van der Waals surface area contributed by atoms with E-state index in [1.165, 1.54) is 4.68 Å². The lowest BCUT2D eigenvalue weighted by molar-refractivity contribution is 0.0648. The molecule has 1 heterocycles. The summed E-state index contributed by atoms with van der Waals surface area (Å²) in [6.45, 7) is 0. The molecule has 0 saturated heterocycles. The van der Waals surface area contributed by atoms with E-state index >= 15 is 0 Å². The SMILES string of the molecule is O=C(O)c1nn(-c2cccc(Cl)c2)c(-c2ccccc2)c1C(=O)O. The van der Waals surface area contributed by atoms with Crippen molar-refractivity contribution in [1.82, 2.24) is 9.78 Å². The number of benzene rings is 2. The van der Waals surface area contributed by atoms with Gasteiger partial charge in [0.15, 0.2) is 5.69 Å². The van der Waals surface area contributed by atoms with Crippen molar-refractivity contribution in [1.29, 1.82) is 0 Å². The summed E-state index contributed by atoms with van der Waals surface area (Å²) in [6, 6.07) is 15.2. The number of halogens is 1. The Balaban J connectivity index is 2.39. The highest BCUT2D eigenvalue weighted by Gasteiger charge is 2.29. The second-order valence-corrected chi connectivity index (χ2v) is 5.38. The molecule has 2 aromatic carbocycles. The van der Waals surface area contributed by atoms with Crippen LogP contribution in [0.4, 0.5) is 0 Å². The molecule has 2 N–H and O–H groups in total. The Hall–Kier alpha value is -3.12. The fourth-order valence-corrected chi connectivity index (χ4v) is 2.61. The van der Waals surface area contributed by atoms with Gasteiger partial charge in [0.05, 0.1) is 11.4 Å². The molecule has 0 aliphatic carbocycles. The molecular weight excluding hydrogens is 332 g/mol. The number of aromatic nitrogens is 2. The molecule has 0 aliphatic rings. The molecule has 0 saturated carbocycles. The first-order chi connectivity index (χ1) is 11.5. The van der Waals surface area contributed by atoms with Gasteiger partial charge < -0.3 is 10.2 Å². The van der Waals surface area contributed by atoms with Crippen molar-refractivity contribution in [3.63, 3.8) is 0 Å².